The Labute approximate surface area is 145 Å². The zero-order valence-electron chi connectivity index (χ0n) is 14.3. The average Bonchev–Trinajstić information content (AvgIpc) is 3.05. The zero-order valence-corrected chi connectivity index (χ0v) is 14.3. The van der Waals surface area contributed by atoms with Gasteiger partial charge in [0.25, 0.3) is 12.4 Å². The second kappa shape index (κ2) is 7.10. The number of hydrogen-bond donors (Lipinski definition) is 2. The predicted octanol–water partition coefficient (Wildman–Crippen LogP) is 1.19. The fraction of sp³-hybridized carbons (Fsp3) is 0.471. The molecule has 3 fully saturated rings. The number of hydrogen-bond acceptors (Lipinski definition) is 5. The van der Waals surface area contributed by atoms with Crippen molar-refractivity contribution >= 4 is 23.3 Å². The Kier molecular flexibility index (Phi) is 4.89. The third-order valence-corrected chi connectivity index (χ3v) is 5.04. The summed E-state index contributed by atoms with van der Waals surface area (Å²) in [4.78, 5) is 25.7. The maximum atomic E-state index is 12.9. The number of benzene rings is 1. The van der Waals surface area contributed by atoms with Gasteiger partial charge in [-0.3, -0.25) is 19.6 Å². The number of methoxy groups -OCH3 is 1. The zero-order chi connectivity index (χ0) is 18.0. The third-order valence-electron chi connectivity index (χ3n) is 5.04. The molecule has 1 aromatic heterocycles. The molecule has 0 radical (unpaired) electrons. The lowest BCUT2D eigenvalue weighted by Crippen LogP contribution is -2.62. The van der Waals surface area contributed by atoms with E-state index in [-0.39, 0.29) is 12.4 Å². The van der Waals surface area contributed by atoms with E-state index in [0.29, 0.717) is 17.8 Å². The molecule has 8 heteroatoms. The van der Waals surface area contributed by atoms with E-state index in [2.05, 4.69) is 22.1 Å². The van der Waals surface area contributed by atoms with Gasteiger partial charge in [0.1, 0.15) is 5.75 Å². The molecule has 0 spiro atoms. The number of amides is 1. The van der Waals surface area contributed by atoms with Gasteiger partial charge in [0.2, 0.25) is 0 Å². The number of rotatable bonds is 2. The van der Waals surface area contributed by atoms with E-state index in [1.54, 1.807) is 7.11 Å². The summed E-state index contributed by atoms with van der Waals surface area (Å²) in [6.07, 6.45) is 2.28. The Morgan fingerprint density at radius 2 is 2.08 bits per heavy atom. The number of likely N-dealkylation sites (N-methyl/N-ethyl adjacent to an activating group) is 1. The van der Waals surface area contributed by atoms with Crippen LogP contribution in [0, 0.1) is 0 Å². The molecule has 2 atom stereocenters. The summed E-state index contributed by atoms with van der Waals surface area (Å²) in [6.45, 7) is 1.52. The monoisotopic (exact) mass is 346 g/mol. The summed E-state index contributed by atoms with van der Waals surface area (Å²) in [5.74, 6) is 0.799. The van der Waals surface area contributed by atoms with Crippen molar-refractivity contribution in [2.75, 3.05) is 27.2 Å². The Balaban J connectivity index is 0.000000569. The molecule has 8 nitrogen and oxygen atoms in total. The van der Waals surface area contributed by atoms with E-state index in [0.717, 1.165) is 36.2 Å². The highest BCUT2D eigenvalue weighted by Gasteiger charge is 2.40. The minimum absolute atomic E-state index is 0.0409. The van der Waals surface area contributed by atoms with Gasteiger partial charge in [-0.15, -0.1) is 0 Å². The Morgan fingerprint density at radius 1 is 1.36 bits per heavy atom. The molecule has 3 saturated heterocycles. The molecule has 2 unspecified atom stereocenters. The molecular formula is C17H22N4O4. The van der Waals surface area contributed by atoms with Gasteiger partial charge in [-0.25, -0.2) is 0 Å². The van der Waals surface area contributed by atoms with Crippen molar-refractivity contribution in [2.45, 2.75) is 24.9 Å². The van der Waals surface area contributed by atoms with Gasteiger partial charge < -0.3 is 14.7 Å². The molecule has 2 aromatic rings. The molecule has 2 bridgehead atoms. The number of carbonyl (C=O) groups excluding carboxylic acids is 1. The van der Waals surface area contributed by atoms with Crippen molar-refractivity contribution in [3.05, 3.63) is 23.9 Å². The van der Waals surface area contributed by atoms with Gasteiger partial charge in [0.05, 0.1) is 12.6 Å². The number of ether oxygens (including phenoxy) is 1. The van der Waals surface area contributed by atoms with Crippen molar-refractivity contribution in [3.8, 4) is 5.75 Å². The number of nitrogens with zero attached hydrogens (tertiary/aromatic N) is 3. The smallest absolute Gasteiger partial charge is 0.290 e. The molecule has 5 rings (SSSR count). The van der Waals surface area contributed by atoms with E-state index in [1.807, 2.05) is 23.1 Å². The predicted molar refractivity (Wildman–Crippen MR) is 91.8 cm³/mol. The summed E-state index contributed by atoms with van der Waals surface area (Å²) >= 11 is 0. The number of carboxylic acid groups (broad SMARTS) is 1. The van der Waals surface area contributed by atoms with Crippen LogP contribution >= 0.6 is 0 Å². The summed E-state index contributed by atoms with van der Waals surface area (Å²) in [5.41, 5.74) is 1.36. The molecule has 2 N–H and O–H groups in total. The van der Waals surface area contributed by atoms with Crippen molar-refractivity contribution in [1.29, 1.82) is 0 Å². The van der Waals surface area contributed by atoms with Crippen LogP contribution in [0.1, 0.15) is 23.3 Å². The summed E-state index contributed by atoms with van der Waals surface area (Å²) < 4.78 is 5.21. The summed E-state index contributed by atoms with van der Waals surface area (Å²) in [5, 5.41) is 15.0. The molecule has 1 aromatic carbocycles. The molecule has 1 amide bonds. The summed E-state index contributed by atoms with van der Waals surface area (Å²) in [6, 6.07) is 6.44. The lowest BCUT2D eigenvalue weighted by molar-refractivity contribution is -0.122. The first-order chi connectivity index (χ1) is 12.1. The number of aromatic nitrogens is 2. The maximum Gasteiger partial charge on any atom is 0.290 e. The second-order valence-electron chi connectivity index (χ2n) is 6.37. The first kappa shape index (κ1) is 17.2. The lowest BCUT2D eigenvalue weighted by atomic mass is 9.91. The minimum Gasteiger partial charge on any atom is -0.497 e. The molecule has 25 heavy (non-hydrogen) atoms. The van der Waals surface area contributed by atoms with Crippen LogP contribution in [0.25, 0.3) is 10.9 Å². The third kappa shape index (κ3) is 3.17. The minimum atomic E-state index is -0.250. The van der Waals surface area contributed by atoms with Crippen molar-refractivity contribution < 1.29 is 19.4 Å². The van der Waals surface area contributed by atoms with E-state index in [1.165, 1.54) is 6.42 Å². The maximum absolute atomic E-state index is 12.9. The molecule has 3 aliphatic heterocycles. The topological polar surface area (TPSA) is 98.8 Å². The highest BCUT2D eigenvalue weighted by atomic mass is 16.5. The number of piperidine rings is 2. The van der Waals surface area contributed by atoms with Crippen LogP contribution in [0.2, 0.25) is 0 Å². The number of fused-ring (bicyclic) bond motifs is 4. The number of carbonyl (C=O) groups is 2. The number of H-pyrrole nitrogens is 1. The van der Waals surface area contributed by atoms with Crippen LogP contribution in [-0.4, -0.2) is 76.8 Å². The highest BCUT2D eigenvalue weighted by molar-refractivity contribution is 6.05. The molecule has 134 valence electrons. The van der Waals surface area contributed by atoms with Gasteiger partial charge in [-0.2, -0.15) is 5.10 Å². The van der Waals surface area contributed by atoms with E-state index < -0.39 is 0 Å². The normalized spacial score (nSPS) is 22.4. The standard InChI is InChI=1S/C16H20N4O2.CH2O2/c1-19-8-11-4-3-10(19)9-20(11)16(21)15-13-6-5-12(22-2)7-14(13)17-18-15;2-1-3/h5-7,10-11H,3-4,8-9H2,1-2H3,(H,17,18);1H,(H,2,3). The molecule has 4 heterocycles. The van der Waals surface area contributed by atoms with Crippen molar-refractivity contribution in [2.24, 2.45) is 0 Å². The van der Waals surface area contributed by atoms with Gasteiger partial charge in [-0.1, -0.05) is 0 Å². The highest BCUT2D eigenvalue weighted by Crippen LogP contribution is 2.30. The molecule has 3 aliphatic rings. The molecular weight excluding hydrogens is 324 g/mol. The van der Waals surface area contributed by atoms with Crippen molar-refractivity contribution in [3.63, 3.8) is 0 Å². The quantitative estimate of drug-likeness (QED) is 0.793. The van der Waals surface area contributed by atoms with Gasteiger partial charge in [0.15, 0.2) is 5.69 Å². The van der Waals surface area contributed by atoms with Crippen LogP contribution < -0.4 is 4.74 Å². The van der Waals surface area contributed by atoms with Crippen LogP contribution in [-0.2, 0) is 4.79 Å². The SMILES string of the molecule is COc1ccc2c(C(=O)N3CC4CCC3CN4C)n[nH]c2c1.O=CO. The van der Waals surface area contributed by atoms with Crippen LogP contribution in [0.5, 0.6) is 5.75 Å². The molecule has 0 aliphatic carbocycles. The first-order valence-corrected chi connectivity index (χ1v) is 8.20. The van der Waals surface area contributed by atoms with E-state index in [9.17, 15) is 4.79 Å². The largest absolute Gasteiger partial charge is 0.497 e. The Morgan fingerprint density at radius 3 is 2.68 bits per heavy atom. The average molecular weight is 346 g/mol. The number of aromatic amines is 1. The number of nitrogens with one attached hydrogen (secondary N) is 1. The fourth-order valence-corrected chi connectivity index (χ4v) is 3.71. The van der Waals surface area contributed by atoms with Crippen LogP contribution in [0.3, 0.4) is 0 Å². The lowest BCUT2D eigenvalue weighted by Gasteiger charge is -2.50. The van der Waals surface area contributed by atoms with E-state index in [4.69, 9.17) is 14.6 Å². The van der Waals surface area contributed by atoms with Crippen LogP contribution in [0.4, 0.5) is 0 Å². The van der Waals surface area contributed by atoms with Gasteiger partial charge >= 0.3 is 0 Å². The Bertz CT molecular complexity index is 775. The van der Waals surface area contributed by atoms with Crippen LogP contribution in [0.15, 0.2) is 18.2 Å². The van der Waals surface area contributed by atoms with Gasteiger partial charge in [0, 0.05) is 36.6 Å². The second-order valence-corrected chi connectivity index (χ2v) is 6.37. The van der Waals surface area contributed by atoms with Gasteiger partial charge in [-0.05, 0) is 32.0 Å². The van der Waals surface area contributed by atoms with E-state index >= 15 is 0 Å². The summed E-state index contributed by atoms with van der Waals surface area (Å²) in [7, 11) is 3.78. The van der Waals surface area contributed by atoms with Crippen molar-refractivity contribution in [1.82, 2.24) is 20.0 Å². The fourth-order valence-electron chi connectivity index (χ4n) is 3.71. The Hall–Kier alpha value is -2.61. The number of piperazine rings is 1. The first-order valence-electron chi connectivity index (χ1n) is 8.20. The molecule has 0 saturated carbocycles.